The first kappa shape index (κ1) is 14.7. The van der Waals surface area contributed by atoms with E-state index in [9.17, 15) is 13.2 Å². The van der Waals surface area contributed by atoms with E-state index < -0.39 is 15.7 Å². The molecule has 0 bridgehead atoms. The Morgan fingerprint density at radius 1 is 1.32 bits per heavy atom. The molecule has 110 valence electrons. The van der Waals surface area contributed by atoms with Gasteiger partial charge in [0.25, 0.3) is 10.2 Å². The molecule has 1 unspecified atom stereocenters. The second kappa shape index (κ2) is 5.35. The topological polar surface area (TPSA) is 95.7 Å². The molecule has 7 nitrogen and oxygen atoms in total. The van der Waals surface area contributed by atoms with Crippen molar-refractivity contribution in [3.8, 4) is 0 Å². The molecule has 1 amide bonds. The average molecular weight is 290 g/mol. The number of carbonyl (C=O) groups excluding carboxylic acids is 1. The van der Waals surface area contributed by atoms with Gasteiger partial charge in [-0.1, -0.05) is 6.92 Å². The van der Waals surface area contributed by atoms with Gasteiger partial charge in [0.05, 0.1) is 5.54 Å². The monoisotopic (exact) mass is 290 g/mol. The second-order valence-corrected chi connectivity index (χ2v) is 6.75. The summed E-state index contributed by atoms with van der Waals surface area (Å²) in [5, 5.41) is 8.40. The summed E-state index contributed by atoms with van der Waals surface area (Å²) >= 11 is 0. The summed E-state index contributed by atoms with van der Waals surface area (Å²) in [4.78, 5) is 14.3. The molecule has 0 aromatic rings. The summed E-state index contributed by atoms with van der Waals surface area (Å²) in [6.07, 6.45) is 2.63. The normalized spacial score (nSPS) is 29.7. The minimum atomic E-state index is -3.64. The van der Waals surface area contributed by atoms with Gasteiger partial charge in [-0.2, -0.15) is 12.7 Å². The van der Waals surface area contributed by atoms with Crippen molar-refractivity contribution in [1.29, 1.82) is 0 Å². The van der Waals surface area contributed by atoms with Crippen LogP contribution in [-0.4, -0.2) is 61.8 Å². The Labute approximate surface area is 114 Å². The molecule has 0 saturated carbocycles. The number of hydrogen-bond donors (Lipinski definition) is 2. The lowest BCUT2D eigenvalue weighted by Gasteiger charge is -2.38. The van der Waals surface area contributed by atoms with Crippen LogP contribution < -0.4 is 10.5 Å². The van der Waals surface area contributed by atoms with E-state index in [0.29, 0.717) is 13.1 Å². The van der Waals surface area contributed by atoms with Crippen molar-refractivity contribution in [2.45, 2.75) is 31.7 Å². The van der Waals surface area contributed by atoms with E-state index >= 15 is 0 Å². The van der Waals surface area contributed by atoms with E-state index in [0.717, 1.165) is 25.8 Å². The second-order valence-electron chi connectivity index (χ2n) is 5.20. The van der Waals surface area contributed by atoms with Crippen LogP contribution in [0.2, 0.25) is 0 Å². The fourth-order valence-corrected chi connectivity index (χ4v) is 3.56. The number of hydrogen-bond acceptors (Lipinski definition) is 4. The van der Waals surface area contributed by atoms with E-state index in [1.165, 1.54) is 4.31 Å². The summed E-state index contributed by atoms with van der Waals surface area (Å²) in [6.45, 7) is 4.28. The highest BCUT2D eigenvalue weighted by Gasteiger charge is 2.42. The summed E-state index contributed by atoms with van der Waals surface area (Å²) in [7, 11) is -3.64. The van der Waals surface area contributed by atoms with Crippen LogP contribution in [0.25, 0.3) is 0 Å². The van der Waals surface area contributed by atoms with E-state index in [2.05, 4.69) is 5.32 Å². The number of nitrogens with zero attached hydrogens (tertiary/aromatic N) is 2. The van der Waals surface area contributed by atoms with Crippen LogP contribution in [0.5, 0.6) is 0 Å². The molecule has 1 atom stereocenters. The van der Waals surface area contributed by atoms with Gasteiger partial charge in [-0.15, -0.1) is 0 Å². The maximum atomic E-state index is 12.6. The quantitative estimate of drug-likeness (QED) is 0.687. The van der Waals surface area contributed by atoms with Gasteiger partial charge >= 0.3 is 0 Å². The van der Waals surface area contributed by atoms with Crippen molar-refractivity contribution >= 4 is 16.1 Å². The molecule has 8 heteroatoms. The van der Waals surface area contributed by atoms with Crippen LogP contribution in [0.3, 0.4) is 0 Å². The molecular formula is C11H22N4O3S. The van der Waals surface area contributed by atoms with Crippen molar-refractivity contribution in [2.24, 2.45) is 5.14 Å². The lowest BCUT2D eigenvalue weighted by molar-refractivity contribution is -0.139. The van der Waals surface area contributed by atoms with Crippen LogP contribution in [-0.2, 0) is 15.0 Å². The van der Waals surface area contributed by atoms with Gasteiger partial charge in [0, 0.05) is 26.2 Å². The molecule has 0 aromatic carbocycles. The van der Waals surface area contributed by atoms with Gasteiger partial charge in [-0.25, -0.2) is 5.14 Å². The molecule has 3 N–H and O–H groups in total. The number of nitrogens with one attached hydrogen (secondary N) is 1. The Kier molecular flexibility index (Phi) is 4.14. The van der Waals surface area contributed by atoms with Gasteiger partial charge in [0.2, 0.25) is 5.91 Å². The van der Waals surface area contributed by atoms with Crippen LogP contribution >= 0.6 is 0 Å². The number of amides is 1. The Morgan fingerprint density at radius 2 is 1.95 bits per heavy atom. The maximum Gasteiger partial charge on any atom is 0.277 e. The third kappa shape index (κ3) is 2.91. The molecule has 2 saturated heterocycles. The summed E-state index contributed by atoms with van der Waals surface area (Å²) in [5.74, 6) is 0.0987. The molecule has 0 aromatic heterocycles. The molecule has 2 heterocycles. The molecule has 2 fully saturated rings. The Balaban J connectivity index is 1.99. The minimum absolute atomic E-state index is 0.0987. The Morgan fingerprint density at radius 3 is 2.37 bits per heavy atom. The largest absolute Gasteiger partial charge is 0.338 e. The fourth-order valence-electron chi connectivity index (χ4n) is 2.89. The zero-order valence-corrected chi connectivity index (χ0v) is 12.1. The number of rotatable bonds is 3. The Bertz CT molecular complexity index is 437. The lowest BCUT2D eigenvalue weighted by Crippen LogP contribution is -2.60. The predicted molar refractivity (Wildman–Crippen MR) is 71.5 cm³/mol. The third-order valence-electron chi connectivity index (χ3n) is 4.14. The van der Waals surface area contributed by atoms with Gasteiger partial charge in [-0.05, 0) is 25.8 Å². The molecule has 0 aliphatic carbocycles. The average Bonchev–Trinajstić information content (AvgIpc) is 2.87. The highest BCUT2D eigenvalue weighted by molar-refractivity contribution is 7.86. The SMILES string of the molecule is CCC1(C(=O)N2CCN(S(N)(=O)=O)CC2)CCCN1. The minimum Gasteiger partial charge on any atom is -0.338 e. The molecule has 2 aliphatic rings. The summed E-state index contributed by atoms with van der Waals surface area (Å²) < 4.78 is 23.7. The van der Waals surface area contributed by atoms with Crippen molar-refractivity contribution in [3.63, 3.8) is 0 Å². The van der Waals surface area contributed by atoms with Crippen LogP contribution in [0, 0.1) is 0 Å². The molecule has 0 spiro atoms. The first-order chi connectivity index (χ1) is 8.89. The van der Waals surface area contributed by atoms with Gasteiger partial charge < -0.3 is 10.2 Å². The number of piperazine rings is 1. The Hall–Kier alpha value is -0.700. The summed E-state index contributed by atoms with van der Waals surface area (Å²) in [6, 6.07) is 0. The fraction of sp³-hybridized carbons (Fsp3) is 0.909. The van der Waals surface area contributed by atoms with Crippen molar-refractivity contribution in [2.75, 3.05) is 32.7 Å². The molecule has 2 rings (SSSR count). The highest BCUT2D eigenvalue weighted by Crippen LogP contribution is 2.26. The first-order valence-corrected chi connectivity index (χ1v) is 8.22. The molecular weight excluding hydrogens is 268 g/mol. The maximum absolute atomic E-state index is 12.6. The van der Waals surface area contributed by atoms with E-state index in [1.807, 2.05) is 6.92 Å². The van der Waals surface area contributed by atoms with Crippen LogP contribution in [0.1, 0.15) is 26.2 Å². The number of nitrogens with two attached hydrogens (primary N) is 1. The van der Waals surface area contributed by atoms with E-state index in [4.69, 9.17) is 5.14 Å². The third-order valence-corrected chi connectivity index (χ3v) is 5.23. The first-order valence-electron chi connectivity index (χ1n) is 6.71. The smallest absolute Gasteiger partial charge is 0.277 e. The molecule has 19 heavy (non-hydrogen) atoms. The van der Waals surface area contributed by atoms with Gasteiger partial charge in [-0.3, -0.25) is 4.79 Å². The predicted octanol–water partition coefficient (Wildman–Crippen LogP) is -1.13. The van der Waals surface area contributed by atoms with Crippen molar-refractivity contribution in [1.82, 2.24) is 14.5 Å². The van der Waals surface area contributed by atoms with E-state index in [-0.39, 0.29) is 19.0 Å². The zero-order chi connectivity index (χ0) is 14.1. The number of carbonyl (C=O) groups is 1. The van der Waals surface area contributed by atoms with Crippen LogP contribution in [0.4, 0.5) is 0 Å². The van der Waals surface area contributed by atoms with Crippen LogP contribution in [0.15, 0.2) is 0 Å². The van der Waals surface area contributed by atoms with Crippen molar-refractivity contribution in [3.05, 3.63) is 0 Å². The zero-order valence-electron chi connectivity index (χ0n) is 11.3. The standard InChI is InChI=1S/C11H22N4O3S/c1-2-11(4-3-5-13-11)10(16)14-6-8-15(9-7-14)19(12,17)18/h13H,2-9H2,1H3,(H2,12,17,18). The van der Waals surface area contributed by atoms with E-state index in [1.54, 1.807) is 4.90 Å². The van der Waals surface area contributed by atoms with Gasteiger partial charge in [0.15, 0.2) is 0 Å². The molecule has 2 aliphatic heterocycles. The lowest BCUT2D eigenvalue weighted by atomic mass is 9.92. The summed E-state index contributed by atoms with van der Waals surface area (Å²) in [5.41, 5.74) is -0.441. The van der Waals surface area contributed by atoms with Gasteiger partial charge in [0.1, 0.15) is 0 Å². The van der Waals surface area contributed by atoms with Crippen molar-refractivity contribution < 1.29 is 13.2 Å². The molecule has 0 radical (unpaired) electrons. The highest BCUT2D eigenvalue weighted by atomic mass is 32.2.